The van der Waals surface area contributed by atoms with Crippen molar-refractivity contribution >= 4 is 17.1 Å². The molecule has 0 saturated carbocycles. The van der Waals surface area contributed by atoms with Crippen LogP contribution < -0.4 is 0 Å². The van der Waals surface area contributed by atoms with Crippen molar-refractivity contribution in [1.29, 1.82) is 0 Å². The third-order valence-electron chi connectivity index (χ3n) is 3.11. The number of Topliss-reactive ketones (excluding diaryl/α,β-unsaturated/α-hetero) is 1. The van der Waals surface area contributed by atoms with Gasteiger partial charge in [-0.1, -0.05) is 30.3 Å². The van der Waals surface area contributed by atoms with Crippen LogP contribution in [0.5, 0.6) is 0 Å². The van der Waals surface area contributed by atoms with Crippen LogP contribution >= 0.6 is 11.3 Å². The monoisotopic (exact) mass is 275 g/mol. The van der Waals surface area contributed by atoms with Crippen molar-refractivity contribution in [2.45, 2.75) is 25.9 Å². The SMILES string of the molecule is COC(C)(C)C(=O)Cc1nc(-c2ccccc2)cs1. The van der Waals surface area contributed by atoms with E-state index in [4.69, 9.17) is 4.74 Å². The minimum Gasteiger partial charge on any atom is -0.371 e. The van der Waals surface area contributed by atoms with Gasteiger partial charge in [-0.3, -0.25) is 4.79 Å². The maximum atomic E-state index is 12.1. The van der Waals surface area contributed by atoms with E-state index in [2.05, 4.69) is 4.98 Å². The van der Waals surface area contributed by atoms with Gasteiger partial charge in [-0.05, 0) is 13.8 Å². The Labute approximate surface area is 117 Å². The molecule has 4 heteroatoms. The summed E-state index contributed by atoms with van der Waals surface area (Å²) in [4.78, 5) is 16.6. The minimum atomic E-state index is -0.751. The van der Waals surface area contributed by atoms with E-state index in [0.717, 1.165) is 16.3 Å². The van der Waals surface area contributed by atoms with Crippen LogP contribution in [0.2, 0.25) is 0 Å². The lowest BCUT2D eigenvalue weighted by Crippen LogP contribution is -2.35. The van der Waals surface area contributed by atoms with Gasteiger partial charge in [0.15, 0.2) is 5.78 Å². The predicted octanol–water partition coefficient (Wildman–Crippen LogP) is 3.35. The Hall–Kier alpha value is -1.52. The Bertz CT molecular complexity index is 561. The molecule has 2 rings (SSSR count). The topological polar surface area (TPSA) is 39.2 Å². The summed E-state index contributed by atoms with van der Waals surface area (Å²) in [5, 5.41) is 2.81. The fourth-order valence-electron chi connectivity index (χ4n) is 1.60. The number of rotatable bonds is 5. The third kappa shape index (κ3) is 3.28. The van der Waals surface area contributed by atoms with E-state index in [-0.39, 0.29) is 5.78 Å². The number of methoxy groups -OCH3 is 1. The molecule has 1 aromatic heterocycles. The van der Waals surface area contributed by atoms with Crippen LogP contribution in [0, 0.1) is 0 Å². The average Bonchev–Trinajstić information content (AvgIpc) is 2.88. The van der Waals surface area contributed by atoms with Gasteiger partial charge in [0.05, 0.1) is 12.1 Å². The third-order valence-corrected chi connectivity index (χ3v) is 3.96. The van der Waals surface area contributed by atoms with E-state index in [1.54, 1.807) is 21.0 Å². The molecule has 19 heavy (non-hydrogen) atoms. The molecule has 0 fully saturated rings. The summed E-state index contributed by atoms with van der Waals surface area (Å²) in [5.74, 6) is 0.0453. The van der Waals surface area contributed by atoms with Crippen LogP contribution in [-0.4, -0.2) is 23.5 Å². The second-order valence-electron chi connectivity index (χ2n) is 4.81. The van der Waals surface area contributed by atoms with Crippen LogP contribution in [0.3, 0.4) is 0 Å². The highest BCUT2D eigenvalue weighted by molar-refractivity contribution is 7.10. The lowest BCUT2D eigenvalue weighted by atomic mass is 10.0. The van der Waals surface area contributed by atoms with Gasteiger partial charge in [0, 0.05) is 18.1 Å². The molecular weight excluding hydrogens is 258 g/mol. The van der Waals surface area contributed by atoms with Gasteiger partial charge in [0.25, 0.3) is 0 Å². The normalized spacial score (nSPS) is 11.5. The van der Waals surface area contributed by atoms with Crippen molar-refractivity contribution in [2.75, 3.05) is 7.11 Å². The summed E-state index contributed by atoms with van der Waals surface area (Å²) in [6.45, 7) is 3.56. The second-order valence-corrected chi connectivity index (χ2v) is 5.75. The van der Waals surface area contributed by atoms with E-state index in [9.17, 15) is 4.79 Å². The lowest BCUT2D eigenvalue weighted by Gasteiger charge is -2.20. The standard InChI is InChI=1S/C15H17NO2S/c1-15(2,18-3)13(17)9-14-16-12(10-19-14)11-7-5-4-6-8-11/h4-8,10H,9H2,1-3H3. The molecule has 0 bridgehead atoms. The first-order valence-corrected chi connectivity index (χ1v) is 6.99. The van der Waals surface area contributed by atoms with Crippen LogP contribution in [0.1, 0.15) is 18.9 Å². The fraction of sp³-hybridized carbons (Fsp3) is 0.333. The highest BCUT2D eigenvalue weighted by Crippen LogP contribution is 2.23. The number of carbonyl (C=O) groups is 1. The highest BCUT2D eigenvalue weighted by Gasteiger charge is 2.27. The first kappa shape index (κ1) is 13.9. The van der Waals surface area contributed by atoms with Crippen LogP contribution in [0.25, 0.3) is 11.3 Å². The van der Waals surface area contributed by atoms with Crippen molar-refractivity contribution in [3.05, 3.63) is 40.7 Å². The number of hydrogen-bond acceptors (Lipinski definition) is 4. The van der Waals surface area contributed by atoms with Gasteiger partial charge < -0.3 is 4.74 Å². The van der Waals surface area contributed by atoms with Gasteiger partial charge in [-0.25, -0.2) is 4.98 Å². The second kappa shape index (κ2) is 5.63. The number of ether oxygens (including phenoxy) is 1. The Balaban J connectivity index is 2.13. The fourth-order valence-corrected chi connectivity index (χ4v) is 2.40. The quantitative estimate of drug-likeness (QED) is 0.840. The van der Waals surface area contributed by atoms with Gasteiger partial charge in [-0.2, -0.15) is 0 Å². The zero-order chi connectivity index (χ0) is 13.9. The van der Waals surface area contributed by atoms with Crippen molar-refractivity contribution in [3.8, 4) is 11.3 Å². The zero-order valence-corrected chi connectivity index (χ0v) is 12.2. The van der Waals surface area contributed by atoms with Gasteiger partial charge in [-0.15, -0.1) is 11.3 Å². The molecule has 0 aliphatic carbocycles. The van der Waals surface area contributed by atoms with Crippen molar-refractivity contribution in [1.82, 2.24) is 4.98 Å². The Kier molecular flexibility index (Phi) is 4.12. The summed E-state index contributed by atoms with van der Waals surface area (Å²) in [6.07, 6.45) is 0.318. The molecule has 3 nitrogen and oxygen atoms in total. The predicted molar refractivity (Wildman–Crippen MR) is 77.3 cm³/mol. The van der Waals surface area contributed by atoms with Gasteiger partial charge in [0.1, 0.15) is 10.6 Å². The smallest absolute Gasteiger partial charge is 0.170 e. The highest BCUT2D eigenvalue weighted by atomic mass is 32.1. The zero-order valence-electron chi connectivity index (χ0n) is 11.3. The van der Waals surface area contributed by atoms with Gasteiger partial charge in [0.2, 0.25) is 0 Å². The van der Waals surface area contributed by atoms with E-state index in [1.807, 2.05) is 35.7 Å². The maximum absolute atomic E-state index is 12.1. The van der Waals surface area contributed by atoms with E-state index >= 15 is 0 Å². The van der Waals surface area contributed by atoms with E-state index < -0.39 is 5.60 Å². The molecule has 100 valence electrons. The van der Waals surface area contributed by atoms with Crippen molar-refractivity contribution in [2.24, 2.45) is 0 Å². The molecule has 2 aromatic rings. The van der Waals surface area contributed by atoms with Crippen LogP contribution in [-0.2, 0) is 16.0 Å². The largest absolute Gasteiger partial charge is 0.371 e. The summed E-state index contributed by atoms with van der Waals surface area (Å²) in [7, 11) is 1.55. The van der Waals surface area contributed by atoms with Crippen molar-refractivity contribution < 1.29 is 9.53 Å². The number of carbonyl (C=O) groups excluding carboxylic acids is 1. The van der Waals surface area contributed by atoms with Crippen LogP contribution in [0.15, 0.2) is 35.7 Å². The van der Waals surface area contributed by atoms with Crippen LogP contribution in [0.4, 0.5) is 0 Å². The number of aromatic nitrogens is 1. The number of benzene rings is 1. The molecule has 0 aliphatic rings. The summed E-state index contributed by atoms with van der Waals surface area (Å²) < 4.78 is 5.19. The van der Waals surface area contributed by atoms with E-state index in [0.29, 0.717) is 6.42 Å². The molecule has 0 aliphatic heterocycles. The molecule has 0 saturated heterocycles. The number of nitrogens with zero attached hydrogens (tertiary/aromatic N) is 1. The molecular formula is C15H17NO2S. The summed E-state index contributed by atoms with van der Waals surface area (Å²) >= 11 is 1.51. The molecule has 0 N–H and O–H groups in total. The summed E-state index contributed by atoms with van der Waals surface area (Å²) in [6, 6.07) is 9.96. The number of thiazole rings is 1. The molecule has 1 heterocycles. The Morgan fingerprint density at radius 3 is 2.63 bits per heavy atom. The number of ketones is 1. The molecule has 0 spiro atoms. The molecule has 0 radical (unpaired) electrons. The first-order valence-electron chi connectivity index (χ1n) is 6.11. The number of hydrogen-bond donors (Lipinski definition) is 0. The molecule has 1 aromatic carbocycles. The molecule has 0 unspecified atom stereocenters. The lowest BCUT2D eigenvalue weighted by molar-refractivity contribution is -0.136. The summed E-state index contributed by atoms with van der Waals surface area (Å²) in [5.41, 5.74) is 1.24. The Morgan fingerprint density at radius 1 is 1.32 bits per heavy atom. The Morgan fingerprint density at radius 2 is 2.00 bits per heavy atom. The van der Waals surface area contributed by atoms with E-state index in [1.165, 1.54) is 11.3 Å². The molecule has 0 atom stereocenters. The van der Waals surface area contributed by atoms with Gasteiger partial charge >= 0.3 is 0 Å². The first-order chi connectivity index (χ1) is 9.03. The van der Waals surface area contributed by atoms with Crippen molar-refractivity contribution in [3.63, 3.8) is 0 Å². The average molecular weight is 275 g/mol. The maximum Gasteiger partial charge on any atom is 0.170 e. The minimum absolute atomic E-state index is 0.0453. The molecule has 0 amide bonds.